The Morgan fingerprint density at radius 1 is 1.10 bits per heavy atom. The zero-order valence-electron chi connectivity index (χ0n) is 24.0. The quantitative estimate of drug-likeness (QED) is 0.158. The van der Waals surface area contributed by atoms with Gasteiger partial charge in [-0.15, -0.1) is 0 Å². The summed E-state index contributed by atoms with van der Waals surface area (Å²) in [6.45, 7) is 2.96. The molecule has 0 radical (unpaired) electrons. The first-order chi connectivity index (χ1) is 20.1. The van der Waals surface area contributed by atoms with E-state index in [1.54, 1.807) is 36.0 Å². The molecule has 0 saturated carbocycles. The van der Waals surface area contributed by atoms with E-state index in [0.717, 1.165) is 29.7 Å². The summed E-state index contributed by atoms with van der Waals surface area (Å²) in [5.74, 6) is -2.33. The third-order valence-electron chi connectivity index (χ3n) is 6.87. The Hall–Kier alpha value is -3.00. The van der Waals surface area contributed by atoms with Gasteiger partial charge in [0, 0.05) is 25.5 Å². The maximum absolute atomic E-state index is 12.8. The van der Waals surface area contributed by atoms with Crippen LogP contribution in [0.25, 0.3) is 11.1 Å². The lowest BCUT2D eigenvalue weighted by Crippen LogP contribution is -2.68. The number of aliphatic hydroxyl groups excluding tert-OH is 3. The van der Waals surface area contributed by atoms with E-state index >= 15 is 0 Å². The van der Waals surface area contributed by atoms with Crippen LogP contribution in [0.1, 0.15) is 37.0 Å². The maximum Gasteiger partial charge on any atom is 0.366 e. The first-order valence-corrected chi connectivity index (χ1v) is 15.0. The Balaban J connectivity index is 1.71. The molecule has 3 rings (SSSR count). The standard InChI is InChI=1S/C30H40N2O9S/c1-4-42-16-8-15-40-30(29(38)39-3)17-23(34)25(32-19(2)33)27(41-30)26(36)24(35)18-31-28(37)22-13-11-21(12-14-22)20-9-6-5-7-10-20/h5-7,9-14,23-27,34-36H,4,8,15-18H2,1-3H3,(H,31,37)(H,32,33)/t23-,24+,25+,26+,27?,30+/m0/s1. The van der Waals surface area contributed by atoms with Gasteiger partial charge in [0.25, 0.3) is 11.7 Å². The Bertz CT molecular complexity index is 1170. The highest BCUT2D eigenvalue weighted by Gasteiger charge is 2.56. The minimum Gasteiger partial charge on any atom is -0.465 e. The van der Waals surface area contributed by atoms with Crippen LogP contribution in [-0.4, -0.2) is 101 Å². The number of aliphatic hydroxyl groups is 3. The molecular weight excluding hydrogens is 564 g/mol. The number of hydrogen-bond donors (Lipinski definition) is 5. The summed E-state index contributed by atoms with van der Waals surface area (Å²) < 4.78 is 16.6. The zero-order chi connectivity index (χ0) is 30.7. The molecule has 2 aromatic rings. The molecule has 42 heavy (non-hydrogen) atoms. The molecular formula is C30H40N2O9S. The van der Waals surface area contributed by atoms with E-state index in [1.165, 1.54) is 6.92 Å². The van der Waals surface area contributed by atoms with Crippen LogP contribution in [0.15, 0.2) is 54.6 Å². The van der Waals surface area contributed by atoms with Crippen molar-refractivity contribution in [3.8, 4) is 11.1 Å². The summed E-state index contributed by atoms with van der Waals surface area (Å²) >= 11 is 1.69. The van der Waals surface area contributed by atoms with Gasteiger partial charge in [-0.2, -0.15) is 11.8 Å². The second-order valence-corrected chi connectivity index (χ2v) is 11.3. The lowest BCUT2D eigenvalue weighted by Gasteiger charge is -2.47. The van der Waals surface area contributed by atoms with Crippen LogP contribution >= 0.6 is 11.8 Å². The van der Waals surface area contributed by atoms with Crippen LogP contribution in [0, 0.1) is 0 Å². The van der Waals surface area contributed by atoms with Crippen molar-refractivity contribution < 1.29 is 43.9 Å². The van der Waals surface area contributed by atoms with Crippen molar-refractivity contribution in [2.24, 2.45) is 0 Å². The van der Waals surface area contributed by atoms with Crippen molar-refractivity contribution in [3.05, 3.63) is 60.2 Å². The number of carbonyl (C=O) groups is 3. The van der Waals surface area contributed by atoms with Crippen LogP contribution in [0.5, 0.6) is 0 Å². The van der Waals surface area contributed by atoms with E-state index in [2.05, 4.69) is 10.6 Å². The number of amides is 2. The second-order valence-electron chi connectivity index (χ2n) is 9.94. The minimum atomic E-state index is -2.07. The van der Waals surface area contributed by atoms with Gasteiger partial charge in [0.15, 0.2) is 0 Å². The predicted molar refractivity (Wildman–Crippen MR) is 158 cm³/mol. The molecule has 6 atom stereocenters. The molecule has 2 aromatic carbocycles. The number of hydrogen-bond acceptors (Lipinski definition) is 10. The number of rotatable bonds is 14. The van der Waals surface area contributed by atoms with Gasteiger partial charge in [0.2, 0.25) is 5.91 Å². The summed E-state index contributed by atoms with van der Waals surface area (Å²) in [4.78, 5) is 37.5. The van der Waals surface area contributed by atoms with Gasteiger partial charge in [-0.1, -0.05) is 49.4 Å². The SMILES string of the molecule is CCSCCCO[C@]1(C(=O)OC)C[C@H](O)[C@@H](NC(C)=O)C([C@H](O)[C@H](O)CNC(=O)c2ccc(-c3ccccc3)cc2)O1. The first-order valence-electron chi connectivity index (χ1n) is 13.8. The van der Waals surface area contributed by atoms with Crippen LogP contribution in [0.2, 0.25) is 0 Å². The molecule has 0 aromatic heterocycles. The molecule has 0 spiro atoms. The number of carbonyl (C=O) groups excluding carboxylic acids is 3. The van der Waals surface area contributed by atoms with Gasteiger partial charge in [-0.25, -0.2) is 4.79 Å². The van der Waals surface area contributed by atoms with Crippen molar-refractivity contribution in [1.29, 1.82) is 0 Å². The van der Waals surface area contributed by atoms with E-state index in [0.29, 0.717) is 12.0 Å². The fourth-order valence-electron chi connectivity index (χ4n) is 4.72. The highest BCUT2D eigenvalue weighted by molar-refractivity contribution is 7.99. The average molecular weight is 605 g/mol. The average Bonchev–Trinajstić information content (AvgIpc) is 3.00. The van der Waals surface area contributed by atoms with Crippen molar-refractivity contribution in [1.82, 2.24) is 10.6 Å². The van der Waals surface area contributed by atoms with Crippen molar-refractivity contribution in [2.75, 3.05) is 31.8 Å². The van der Waals surface area contributed by atoms with Crippen molar-refractivity contribution in [2.45, 2.75) is 62.9 Å². The summed E-state index contributed by atoms with van der Waals surface area (Å²) in [6.07, 6.45) is -6.02. The molecule has 1 aliphatic heterocycles. The van der Waals surface area contributed by atoms with Gasteiger partial charge in [-0.05, 0) is 41.2 Å². The Morgan fingerprint density at radius 2 is 1.76 bits per heavy atom. The third kappa shape index (κ3) is 8.76. The lowest BCUT2D eigenvalue weighted by atomic mass is 9.88. The molecule has 1 heterocycles. The number of esters is 1. The highest BCUT2D eigenvalue weighted by atomic mass is 32.2. The second kappa shape index (κ2) is 16.0. The summed E-state index contributed by atoms with van der Waals surface area (Å²) in [7, 11) is 1.14. The largest absolute Gasteiger partial charge is 0.465 e. The number of benzene rings is 2. The smallest absolute Gasteiger partial charge is 0.366 e. The molecule has 11 nitrogen and oxygen atoms in total. The van der Waals surface area contributed by atoms with Crippen LogP contribution in [0.3, 0.4) is 0 Å². The minimum absolute atomic E-state index is 0.101. The first kappa shape index (κ1) is 33.5. The number of nitrogens with one attached hydrogen (secondary N) is 2. The molecule has 1 aliphatic rings. The highest BCUT2D eigenvalue weighted by Crippen LogP contribution is 2.34. The Morgan fingerprint density at radius 3 is 2.38 bits per heavy atom. The van der Waals surface area contributed by atoms with Gasteiger partial charge in [-0.3, -0.25) is 9.59 Å². The maximum atomic E-state index is 12.8. The molecule has 230 valence electrons. The van der Waals surface area contributed by atoms with E-state index in [4.69, 9.17) is 14.2 Å². The summed E-state index contributed by atoms with van der Waals surface area (Å²) in [6, 6.07) is 15.4. The van der Waals surface area contributed by atoms with Gasteiger partial charge < -0.3 is 40.2 Å². The van der Waals surface area contributed by atoms with Gasteiger partial charge in [0.05, 0.1) is 32.0 Å². The predicted octanol–water partition coefficient (Wildman–Crippen LogP) is 1.49. The number of thioether (sulfide) groups is 1. The molecule has 2 amide bonds. The van der Waals surface area contributed by atoms with Crippen molar-refractivity contribution >= 4 is 29.5 Å². The van der Waals surface area contributed by atoms with Crippen LogP contribution in [-0.2, 0) is 23.8 Å². The normalized spacial score (nSPS) is 23.4. The number of methoxy groups -OCH3 is 1. The molecule has 1 unspecified atom stereocenters. The van der Waals surface area contributed by atoms with Crippen molar-refractivity contribution in [3.63, 3.8) is 0 Å². The molecule has 1 saturated heterocycles. The fourth-order valence-corrected chi connectivity index (χ4v) is 5.33. The fraction of sp³-hybridized carbons (Fsp3) is 0.500. The summed E-state index contributed by atoms with van der Waals surface area (Å²) in [5, 5.41) is 38.0. The van der Waals surface area contributed by atoms with Gasteiger partial charge in [0.1, 0.15) is 12.2 Å². The topological polar surface area (TPSA) is 164 Å². The zero-order valence-corrected chi connectivity index (χ0v) is 24.8. The molecule has 0 bridgehead atoms. The molecule has 12 heteroatoms. The van der Waals surface area contributed by atoms with Crippen LogP contribution in [0.4, 0.5) is 0 Å². The van der Waals surface area contributed by atoms with E-state index in [9.17, 15) is 29.7 Å². The molecule has 1 fully saturated rings. The van der Waals surface area contributed by atoms with E-state index < -0.39 is 54.0 Å². The Labute approximate surface area is 249 Å². The monoisotopic (exact) mass is 604 g/mol. The molecule has 5 N–H and O–H groups in total. The Kier molecular flexibility index (Phi) is 12.8. The molecule has 0 aliphatic carbocycles. The number of ether oxygens (including phenoxy) is 3. The van der Waals surface area contributed by atoms with Crippen LogP contribution < -0.4 is 10.6 Å². The van der Waals surface area contributed by atoms with E-state index in [-0.39, 0.29) is 19.6 Å². The van der Waals surface area contributed by atoms with Gasteiger partial charge >= 0.3 is 5.97 Å². The lowest BCUT2D eigenvalue weighted by molar-refractivity contribution is -0.311. The van der Waals surface area contributed by atoms with E-state index in [1.807, 2.05) is 37.3 Å². The third-order valence-corrected chi connectivity index (χ3v) is 7.85. The summed E-state index contributed by atoms with van der Waals surface area (Å²) in [5.41, 5.74) is 2.27.